The maximum atomic E-state index is 12.5. The Morgan fingerprint density at radius 1 is 1.10 bits per heavy atom. The normalized spacial score (nSPS) is 11.9. The second kappa shape index (κ2) is 9.50. The molecule has 0 spiro atoms. The van der Waals surface area contributed by atoms with Crippen molar-refractivity contribution < 1.29 is 9.53 Å². The van der Waals surface area contributed by atoms with Gasteiger partial charge in [0.2, 0.25) is 5.91 Å². The third kappa shape index (κ3) is 5.21. The van der Waals surface area contributed by atoms with Crippen LogP contribution in [0.5, 0.6) is 5.75 Å². The number of amides is 1. The molecule has 2 heterocycles. The number of ether oxygens (including phenoxy) is 1. The number of nitrogens with zero attached hydrogens (tertiary/aromatic N) is 2. The van der Waals surface area contributed by atoms with Crippen molar-refractivity contribution in [1.82, 2.24) is 9.38 Å². The summed E-state index contributed by atoms with van der Waals surface area (Å²) in [4.78, 5) is 17.1. The highest BCUT2D eigenvalue weighted by Gasteiger charge is 2.14. The lowest BCUT2D eigenvalue weighted by Crippen LogP contribution is -2.22. The fraction of sp³-hybridized carbons (Fsp3) is 0.167. The van der Waals surface area contributed by atoms with Gasteiger partial charge in [-0.1, -0.05) is 42.5 Å². The number of pyridine rings is 1. The lowest BCUT2D eigenvalue weighted by molar-refractivity contribution is -0.115. The van der Waals surface area contributed by atoms with E-state index in [0.29, 0.717) is 12.4 Å². The summed E-state index contributed by atoms with van der Waals surface area (Å²) in [6, 6.07) is 23.5. The van der Waals surface area contributed by atoms with Gasteiger partial charge < -0.3 is 14.5 Å². The first-order valence-electron chi connectivity index (χ1n) is 9.79. The quantitative estimate of drug-likeness (QED) is 0.429. The molecule has 4 rings (SSSR count). The third-order valence-electron chi connectivity index (χ3n) is 4.61. The van der Waals surface area contributed by atoms with E-state index in [2.05, 4.69) is 22.4 Å². The Morgan fingerprint density at radius 2 is 1.93 bits per heavy atom. The van der Waals surface area contributed by atoms with Crippen molar-refractivity contribution in [3.63, 3.8) is 0 Å². The first kappa shape index (κ1) is 20.0. The lowest BCUT2D eigenvalue weighted by Gasteiger charge is -2.13. The number of carbonyl (C=O) groups excluding carboxylic acids is 1. The number of carbonyl (C=O) groups is 1. The average Bonchev–Trinajstić information content (AvgIpc) is 3.20. The van der Waals surface area contributed by atoms with Crippen LogP contribution in [0.2, 0.25) is 0 Å². The highest BCUT2D eigenvalue weighted by molar-refractivity contribution is 7.99. The van der Waals surface area contributed by atoms with Crippen molar-refractivity contribution in [2.45, 2.75) is 24.5 Å². The minimum Gasteiger partial charge on any atom is -0.487 e. The SMILES string of the molecule is CC(SCc1ccccc1)C(=O)Nc1cccc(OCc2cn3ccccc3n2)c1. The van der Waals surface area contributed by atoms with Gasteiger partial charge in [-0.05, 0) is 36.8 Å². The molecule has 6 heteroatoms. The summed E-state index contributed by atoms with van der Waals surface area (Å²) in [5.74, 6) is 1.47. The first-order chi connectivity index (χ1) is 14.7. The summed E-state index contributed by atoms with van der Waals surface area (Å²) in [5, 5.41) is 2.82. The molecule has 1 atom stereocenters. The summed E-state index contributed by atoms with van der Waals surface area (Å²) in [5.41, 5.74) is 3.67. The number of fused-ring (bicyclic) bond motifs is 1. The minimum absolute atomic E-state index is 0.0200. The predicted octanol–water partition coefficient (Wildman–Crippen LogP) is 5.17. The van der Waals surface area contributed by atoms with Crippen LogP contribution in [0.15, 0.2) is 85.2 Å². The molecule has 0 bridgehead atoms. The smallest absolute Gasteiger partial charge is 0.237 e. The second-order valence-electron chi connectivity index (χ2n) is 6.94. The highest BCUT2D eigenvalue weighted by Crippen LogP contribution is 2.22. The van der Waals surface area contributed by atoms with Crippen molar-refractivity contribution in [3.05, 3.63) is 96.4 Å². The summed E-state index contributed by atoms with van der Waals surface area (Å²) in [6.45, 7) is 2.29. The largest absolute Gasteiger partial charge is 0.487 e. The van der Waals surface area contributed by atoms with Gasteiger partial charge in [0.1, 0.15) is 18.0 Å². The monoisotopic (exact) mass is 417 g/mol. The van der Waals surface area contributed by atoms with Crippen LogP contribution in [0.1, 0.15) is 18.2 Å². The van der Waals surface area contributed by atoms with Crippen LogP contribution in [-0.4, -0.2) is 20.5 Å². The third-order valence-corrected chi connectivity index (χ3v) is 5.83. The van der Waals surface area contributed by atoms with Gasteiger partial charge in [-0.3, -0.25) is 4.79 Å². The van der Waals surface area contributed by atoms with Gasteiger partial charge in [0.25, 0.3) is 0 Å². The molecular formula is C24H23N3O2S. The zero-order chi connectivity index (χ0) is 20.8. The maximum Gasteiger partial charge on any atom is 0.237 e. The number of benzene rings is 2. The Labute approximate surface area is 180 Å². The van der Waals surface area contributed by atoms with E-state index in [0.717, 1.165) is 22.8 Å². The summed E-state index contributed by atoms with van der Waals surface area (Å²) in [7, 11) is 0. The molecule has 0 radical (unpaired) electrons. The maximum absolute atomic E-state index is 12.5. The van der Waals surface area contributed by atoms with Crippen LogP contribution >= 0.6 is 11.8 Å². The predicted molar refractivity (Wildman–Crippen MR) is 122 cm³/mol. The zero-order valence-electron chi connectivity index (χ0n) is 16.7. The average molecular weight is 418 g/mol. The van der Waals surface area contributed by atoms with Crippen molar-refractivity contribution in [1.29, 1.82) is 0 Å². The summed E-state index contributed by atoms with van der Waals surface area (Å²) >= 11 is 1.62. The second-order valence-corrected chi connectivity index (χ2v) is 8.27. The molecule has 0 saturated carbocycles. The molecule has 0 aliphatic carbocycles. The number of rotatable bonds is 8. The van der Waals surface area contributed by atoms with Crippen molar-refractivity contribution in [3.8, 4) is 5.75 Å². The van der Waals surface area contributed by atoms with Crippen LogP contribution in [0.4, 0.5) is 5.69 Å². The standard InChI is InChI=1S/C24H23N3O2S/c1-18(30-17-19-8-3-2-4-9-19)24(28)26-20-10-7-11-22(14-20)29-16-21-15-27-13-6-5-12-23(27)25-21/h2-15,18H,16-17H2,1H3,(H,26,28). The van der Waals surface area contributed by atoms with E-state index in [-0.39, 0.29) is 11.2 Å². The van der Waals surface area contributed by atoms with E-state index in [4.69, 9.17) is 4.74 Å². The molecule has 0 aliphatic rings. The molecule has 5 nitrogen and oxygen atoms in total. The Bertz CT molecular complexity index is 1090. The van der Waals surface area contributed by atoms with Gasteiger partial charge in [0.15, 0.2) is 0 Å². The van der Waals surface area contributed by atoms with Gasteiger partial charge in [0.05, 0.1) is 10.9 Å². The molecule has 0 aliphatic heterocycles. The number of nitrogens with one attached hydrogen (secondary N) is 1. The van der Waals surface area contributed by atoms with Crippen molar-refractivity contribution >= 4 is 29.0 Å². The molecule has 0 fully saturated rings. The fourth-order valence-corrected chi connectivity index (χ4v) is 3.84. The Morgan fingerprint density at radius 3 is 2.77 bits per heavy atom. The summed E-state index contributed by atoms with van der Waals surface area (Å²) in [6.07, 6.45) is 3.91. The first-order valence-corrected chi connectivity index (χ1v) is 10.8. The van der Waals surface area contributed by atoms with E-state index in [1.807, 2.05) is 84.4 Å². The number of aromatic nitrogens is 2. The lowest BCUT2D eigenvalue weighted by atomic mass is 10.2. The van der Waals surface area contributed by atoms with Gasteiger partial charge in [0, 0.05) is 29.9 Å². The van der Waals surface area contributed by atoms with Crippen LogP contribution in [0.25, 0.3) is 5.65 Å². The van der Waals surface area contributed by atoms with Crippen LogP contribution in [0, 0.1) is 0 Å². The molecular weight excluding hydrogens is 394 g/mol. The van der Waals surface area contributed by atoms with E-state index >= 15 is 0 Å². The Kier molecular flexibility index (Phi) is 6.35. The molecule has 2 aromatic carbocycles. The molecule has 4 aromatic rings. The Balaban J connectivity index is 1.31. The fourth-order valence-electron chi connectivity index (χ4n) is 2.99. The number of anilines is 1. The number of hydrogen-bond acceptors (Lipinski definition) is 4. The van der Waals surface area contributed by atoms with E-state index in [1.54, 1.807) is 11.8 Å². The van der Waals surface area contributed by atoms with Gasteiger partial charge in [-0.25, -0.2) is 4.98 Å². The minimum atomic E-state index is -0.159. The molecule has 1 unspecified atom stereocenters. The van der Waals surface area contributed by atoms with Gasteiger partial charge in [-0.2, -0.15) is 0 Å². The van der Waals surface area contributed by atoms with Gasteiger partial charge in [-0.15, -0.1) is 11.8 Å². The highest BCUT2D eigenvalue weighted by atomic mass is 32.2. The number of imidazole rings is 1. The molecule has 152 valence electrons. The van der Waals surface area contributed by atoms with E-state index < -0.39 is 0 Å². The topological polar surface area (TPSA) is 55.6 Å². The van der Waals surface area contributed by atoms with Crippen LogP contribution < -0.4 is 10.1 Å². The van der Waals surface area contributed by atoms with E-state index in [9.17, 15) is 4.79 Å². The van der Waals surface area contributed by atoms with Crippen LogP contribution in [0.3, 0.4) is 0 Å². The molecule has 0 saturated heterocycles. The number of hydrogen-bond donors (Lipinski definition) is 1. The molecule has 1 N–H and O–H groups in total. The molecule has 2 aromatic heterocycles. The molecule has 1 amide bonds. The van der Waals surface area contributed by atoms with E-state index in [1.165, 1.54) is 5.56 Å². The van der Waals surface area contributed by atoms with Crippen LogP contribution in [-0.2, 0) is 17.2 Å². The van der Waals surface area contributed by atoms with Crippen molar-refractivity contribution in [2.24, 2.45) is 0 Å². The summed E-state index contributed by atoms with van der Waals surface area (Å²) < 4.78 is 7.84. The zero-order valence-corrected chi connectivity index (χ0v) is 17.5. The van der Waals surface area contributed by atoms with Crippen molar-refractivity contribution in [2.75, 3.05) is 5.32 Å². The molecule has 30 heavy (non-hydrogen) atoms. The number of thioether (sulfide) groups is 1. The Hall–Kier alpha value is -3.25. The van der Waals surface area contributed by atoms with Gasteiger partial charge >= 0.3 is 0 Å².